The first-order valence-electron chi connectivity index (χ1n) is 24.7. The monoisotopic (exact) mass is 933 g/mol. The van der Waals surface area contributed by atoms with Gasteiger partial charge >= 0.3 is 0 Å². The Balaban J connectivity index is 0.877. The van der Waals surface area contributed by atoms with Crippen LogP contribution >= 0.6 is 11.3 Å². The van der Waals surface area contributed by atoms with Gasteiger partial charge in [0.2, 0.25) is 0 Å². The molecule has 1 aliphatic carbocycles. The second kappa shape index (κ2) is 16.0. The van der Waals surface area contributed by atoms with Crippen LogP contribution in [0.2, 0.25) is 0 Å². The van der Waals surface area contributed by atoms with Crippen molar-refractivity contribution in [3.8, 4) is 56.0 Å². The first kappa shape index (κ1) is 40.8. The van der Waals surface area contributed by atoms with Crippen LogP contribution in [0, 0.1) is 0 Å². The van der Waals surface area contributed by atoms with E-state index in [2.05, 4.69) is 266 Å². The number of fused-ring (bicyclic) bond motifs is 16. The van der Waals surface area contributed by atoms with Crippen molar-refractivity contribution in [2.24, 2.45) is 0 Å². The highest BCUT2D eigenvalue weighted by atomic mass is 32.1. The average molecular weight is 934 g/mol. The zero-order chi connectivity index (χ0) is 47.3. The summed E-state index contributed by atoms with van der Waals surface area (Å²) < 4.78 is 9.86. The Labute approximate surface area is 421 Å². The summed E-state index contributed by atoms with van der Waals surface area (Å²) in [6, 6.07) is 95.9. The lowest BCUT2D eigenvalue weighted by atomic mass is 9.65. The molecule has 0 saturated heterocycles. The molecule has 1 spiro atoms. The molecule has 0 amide bonds. The molecule has 0 fully saturated rings. The first-order chi connectivity index (χ1) is 35.7. The van der Waals surface area contributed by atoms with Gasteiger partial charge in [0.1, 0.15) is 11.5 Å². The Kier molecular flexibility index (Phi) is 9.08. The van der Waals surface area contributed by atoms with Crippen molar-refractivity contribution in [3.05, 3.63) is 283 Å². The summed E-state index contributed by atoms with van der Waals surface area (Å²) in [5.74, 6) is 1.85. The molecule has 72 heavy (non-hydrogen) atoms. The summed E-state index contributed by atoms with van der Waals surface area (Å²) in [4.78, 5) is 2.39. The molecule has 0 unspecified atom stereocenters. The topological polar surface area (TPSA) is 12.5 Å². The second-order valence-corrected chi connectivity index (χ2v) is 20.2. The third-order valence-electron chi connectivity index (χ3n) is 15.3. The molecule has 13 aromatic rings. The lowest BCUT2D eigenvalue weighted by Gasteiger charge is -2.40. The molecule has 2 aliphatic rings. The van der Waals surface area contributed by atoms with Crippen LogP contribution in [0.25, 0.3) is 86.2 Å². The van der Waals surface area contributed by atoms with Crippen LogP contribution in [0.15, 0.2) is 261 Å². The molecule has 1 aliphatic heterocycles. The number of benzene rings is 12. The van der Waals surface area contributed by atoms with Crippen LogP contribution in [0.5, 0.6) is 11.5 Å². The van der Waals surface area contributed by atoms with Gasteiger partial charge in [0, 0.05) is 59.1 Å². The summed E-state index contributed by atoms with van der Waals surface area (Å²) in [5, 5.41) is 7.20. The third-order valence-corrected chi connectivity index (χ3v) is 16.5. The zero-order valence-electron chi connectivity index (χ0n) is 39.1. The maximum Gasteiger partial charge on any atom is 0.140 e. The second-order valence-electron chi connectivity index (χ2n) is 19.1. The predicted molar refractivity (Wildman–Crippen MR) is 303 cm³/mol. The molecule has 2 nitrogen and oxygen atoms in total. The summed E-state index contributed by atoms with van der Waals surface area (Å²) in [7, 11) is 0. The Morgan fingerprint density at radius 1 is 0.306 bits per heavy atom. The number of hydrogen-bond acceptors (Lipinski definition) is 3. The molecule has 0 N–H and O–H groups in total. The van der Waals surface area contributed by atoms with Gasteiger partial charge in [-0.25, -0.2) is 0 Å². The van der Waals surface area contributed by atoms with E-state index in [0.29, 0.717) is 0 Å². The smallest absolute Gasteiger partial charge is 0.140 e. The van der Waals surface area contributed by atoms with Crippen molar-refractivity contribution in [1.82, 2.24) is 0 Å². The van der Waals surface area contributed by atoms with Gasteiger partial charge < -0.3 is 9.64 Å². The van der Waals surface area contributed by atoms with Gasteiger partial charge in [0.05, 0.1) is 5.41 Å². The molecule has 0 atom stereocenters. The summed E-state index contributed by atoms with van der Waals surface area (Å²) >= 11 is 1.86. The third kappa shape index (κ3) is 6.08. The molecule has 3 heteroatoms. The van der Waals surface area contributed by atoms with Crippen molar-refractivity contribution >= 4 is 70.1 Å². The maximum absolute atomic E-state index is 7.23. The minimum absolute atomic E-state index is 0.616. The molecule has 0 bridgehead atoms. The number of anilines is 3. The van der Waals surface area contributed by atoms with E-state index in [4.69, 9.17) is 4.74 Å². The number of nitrogens with zero attached hydrogens (tertiary/aromatic N) is 1. The quantitative estimate of drug-likeness (QED) is 0.165. The number of ether oxygens (including phenoxy) is 1. The van der Waals surface area contributed by atoms with Crippen LogP contribution in [0.3, 0.4) is 0 Å². The standard InChI is InChI=1S/C69H43NOS/c1-2-14-44(15-3-1)49-18-12-19-53(42-49)70(51-35-28-45(29-36-51)50-32-39-58-57-22-9-11-27-64(57)72-65(58)43-50)52-37-30-48(31-38-52)54-24-13-26-61-66(54)59-23-8-10-25-60(59)69(61)62-40-33-46-16-4-6-20-55(46)67(62)71-68-56-21-7-5-17-47(56)34-41-63(68)69/h1-43H. The van der Waals surface area contributed by atoms with E-state index in [1.54, 1.807) is 0 Å². The van der Waals surface area contributed by atoms with E-state index < -0.39 is 5.41 Å². The highest BCUT2D eigenvalue weighted by Gasteiger charge is 2.52. The largest absolute Gasteiger partial charge is 0.455 e. The normalized spacial score (nSPS) is 12.9. The van der Waals surface area contributed by atoms with E-state index >= 15 is 0 Å². The Hall–Kier alpha value is -9.02. The van der Waals surface area contributed by atoms with Gasteiger partial charge in [0.25, 0.3) is 0 Å². The fourth-order valence-electron chi connectivity index (χ4n) is 12.1. The van der Waals surface area contributed by atoms with Gasteiger partial charge in [-0.3, -0.25) is 0 Å². The molecule has 336 valence electrons. The highest BCUT2D eigenvalue weighted by Crippen LogP contribution is 2.65. The Morgan fingerprint density at radius 3 is 1.57 bits per heavy atom. The molecular weight excluding hydrogens is 891 g/mol. The predicted octanol–water partition coefficient (Wildman–Crippen LogP) is 19.3. The van der Waals surface area contributed by atoms with Crippen molar-refractivity contribution < 1.29 is 4.74 Å². The minimum atomic E-state index is -0.616. The van der Waals surface area contributed by atoms with E-state index in [9.17, 15) is 0 Å². The van der Waals surface area contributed by atoms with Crippen LogP contribution in [-0.4, -0.2) is 0 Å². The molecule has 0 saturated carbocycles. The minimum Gasteiger partial charge on any atom is -0.455 e. The molecular formula is C69H43NOS. The van der Waals surface area contributed by atoms with Crippen LogP contribution in [-0.2, 0) is 5.41 Å². The number of hydrogen-bond donors (Lipinski definition) is 0. The van der Waals surface area contributed by atoms with Gasteiger partial charge in [-0.1, -0.05) is 212 Å². The van der Waals surface area contributed by atoms with Crippen LogP contribution in [0.4, 0.5) is 17.1 Å². The lowest BCUT2D eigenvalue weighted by Crippen LogP contribution is -2.32. The van der Waals surface area contributed by atoms with Crippen LogP contribution < -0.4 is 9.64 Å². The van der Waals surface area contributed by atoms with E-state index in [0.717, 1.165) is 55.7 Å². The van der Waals surface area contributed by atoms with Crippen molar-refractivity contribution in [2.45, 2.75) is 5.41 Å². The van der Waals surface area contributed by atoms with Crippen molar-refractivity contribution in [2.75, 3.05) is 4.90 Å². The molecule has 15 rings (SSSR count). The van der Waals surface area contributed by atoms with Gasteiger partial charge in [-0.15, -0.1) is 11.3 Å². The summed E-state index contributed by atoms with van der Waals surface area (Å²) in [6.45, 7) is 0. The average Bonchev–Trinajstić information content (AvgIpc) is 3.97. The molecule has 0 radical (unpaired) electrons. The highest BCUT2D eigenvalue weighted by molar-refractivity contribution is 7.25. The van der Waals surface area contributed by atoms with E-state index in [1.807, 2.05) is 11.3 Å². The van der Waals surface area contributed by atoms with E-state index in [-0.39, 0.29) is 0 Å². The molecule has 12 aromatic carbocycles. The molecule has 1 aromatic heterocycles. The van der Waals surface area contributed by atoms with Gasteiger partial charge in [-0.2, -0.15) is 0 Å². The first-order valence-corrected chi connectivity index (χ1v) is 25.5. The molecule has 2 heterocycles. The fourth-order valence-corrected chi connectivity index (χ4v) is 13.2. The van der Waals surface area contributed by atoms with E-state index in [1.165, 1.54) is 81.4 Å². The van der Waals surface area contributed by atoms with Gasteiger partial charge in [-0.05, 0) is 115 Å². The number of thiophene rings is 1. The Bertz CT molecular complexity index is 4220. The summed E-state index contributed by atoms with van der Waals surface area (Å²) in [5.41, 5.74) is 17.2. The SMILES string of the molecule is c1ccc(-c2cccc(N(c3ccc(-c4ccc5c(c4)sc4ccccc45)cc3)c3ccc(-c4cccc5c4-c4ccccc4C54c5ccc6ccccc6c5Oc5c4ccc4ccccc54)cc3)c2)cc1. The fraction of sp³-hybridized carbons (Fsp3) is 0.0145. The van der Waals surface area contributed by atoms with Crippen LogP contribution in [0.1, 0.15) is 22.3 Å². The van der Waals surface area contributed by atoms with Crippen molar-refractivity contribution in [3.63, 3.8) is 0 Å². The van der Waals surface area contributed by atoms with Gasteiger partial charge in [0.15, 0.2) is 0 Å². The Morgan fingerprint density at radius 2 is 0.833 bits per heavy atom. The maximum atomic E-state index is 7.23. The summed E-state index contributed by atoms with van der Waals surface area (Å²) in [6.07, 6.45) is 0. The zero-order valence-corrected chi connectivity index (χ0v) is 39.9. The number of rotatable bonds is 6. The van der Waals surface area contributed by atoms with Crippen molar-refractivity contribution in [1.29, 1.82) is 0 Å². The lowest BCUT2D eigenvalue weighted by molar-refractivity contribution is 0.447.